The van der Waals surface area contributed by atoms with Crippen LogP contribution >= 0.6 is 11.3 Å². The number of fused-ring (bicyclic) bond motifs is 1. The van der Waals surface area contributed by atoms with Gasteiger partial charge in [-0.05, 0) is 17.7 Å². The van der Waals surface area contributed by atoms with Crippen LogP contribution in [-0.4, -0.2) is 25.1 Å². The molecule has 0 amide bonds. The molecule has 3 rings (SSSR count). The number of hydrogen-bond acceptors (Lipinski definition) is 5. The minimum absolute atomic E-state index is 0.0478. The number of hydrogen-bond donors (Lipinski definition) is 1. The number of nitrogens with zero attached hydrogens (tertiary/aromatic N) is 1. The van der Waals surface area contributed by atoms with Crippen LogP contribution in [-0.2, 0) is 9.84 Å². The summed E-state index contributed by atoms with van der Waals surface area (Å²) in [5.74, 6) is 0. The highest BCUT2D eigenvalue weighted by Crippen LogP contribution is 2.33. The van der Waals surface area contributed by atoms with Gasteiger partial charge in [0.05, 0.1) is 16.8 Å². The van der Waals surface area contributed by atoms with Crippen LogP contribution in [0.25, 0.3) is 10.2 Å². The lowest BCUT2D eigenvalue weighted by atomic mass is 10.2. The molecule has 1 aromatic heterocycles. The van der Waals surface area contributed by atoms with Crippen molar-refractivity contribution < 1.29 is 13.5 Å². The molecule has 1 N–H and O–H groups in total. The quantitative estimate of drug-likeness (QED) is 0.803. The number of aliphatic hydroxyl groups is 1. The van der Waals surface area contributed by atoms with Crippen LogP contribution in [0.5, 0.6) is 0 Å². The Kier molecular flexibility index (Phi) is 3.75. The zero-order chi connectivity index (χ0) is 14.9. The molecule has 21 heavy (non-hydrogen) atoms. The Morgan fingerprint density at radius 3 is 2.38 bits per heavy atom. The maximum Gasteiger partial charge on any atom is 0.214 e. The van der Waals surface area contributed by atoms with Crippen molar-refractivity contribution in [2.24, 2.45) is 0 Å². The standard InChI is InChI=1S/C15H13NO3S2/c17-10-14(11-6-2-1-3-7-11)21(18,19)15-16-12-8-4-5-9-13(12)20-15/h1-9,14,17H,10H2. The Bertz CT molecular complexity index is 824. The van der Waals surface area contributed by atoms with E-state index in [1.807, 2.05) is 24.3 Å². The molecule has 4 nitrogen and oxygen atoms in total. The molecule has 0 bridgehead atoms. The average molecular weight is 319 g/mol. The Balaban J connectivity index is 2.10. The van der Waals surface area contributed by atoms with Crippen molar-refractivity contribution in [2.45, 2.75) is 9.59 Å². The number of thiazole rings is 1. The second-order valence-corrected chi connectivity index (χ2v) is 7.91. The van der Waals surface area contributed by atoms with Gasteiger partial charge in [-0.3, -0.25) is 0 Å². The molecular formula is C15H13NO3S2. The third kappa shape index (κ3) is 2.57. The fourth-order valence-corrected chi connectivity index (χ4v) is 5.10. The highest BCUT2D eigenvalue weighted by Gasteiger charge is 2.31. The Hall–Kier alpha value is -1.76. The molecule has 1 atom stereocenters. The van der Waals surface area contributed by atoms with E-state index >= 15 is 0 Å². The summed E-state index contributed by atoms with van der Waals surface area (Å²) in [5, 5.41) is 8.56. The second kappa shape index (κ2) is 5.55. The monoisotopic (exact) mass is 319 g/mol. The van der Waals surface area contributed by atoms with Crippen molar-refractivity contribution in [3.8, 4) is 0 Å². The first-order valence-electron chi connectivity index (χ1n) is 6.38. The first kappa shape index (κ1) is 14.2. The van der Waals surface area contributed by atoms with E-state index in [0.717, 1.165) is 16.0 Å². The van der Waals surface area contributed by atoms with Crippen LogP contribution < -0.4 is 0 Å². The van der Waals surface area contributed by atoms with E-state index in [2.05, 4.69) is 4.98 Å². The summed E-state index contributed by atoms with van der Waals surface area (Å²) >= 11 is 1.13. The number of sulfone groups is 1. The van der Waals surface area contributed by atoms with Gasteiger partial charge in [0.2, 0.25) is 14.2 Å². The van der Waals surface area contributed by atoms with Crippen LogP contribution in [0.3, 0.4) is 0 Å². The first-order valence-corrected chi connectivity index (χ1v) is 8.74. The summed E-state index contributed by atoms with van der Waals surface area (Å²) in [6.45, 7) is -0.470. The third-order valence-corrected chi connectivity index (χ3v) is 6.76. The molecule has 0 spiro atoms. The maximum atomic E-state index is 12.7. The lowest BCUT2D eigenvalue weighted by Crippen LogP contribution is -2.17. The molecule has 0 aliphatic heterocycles. The molecular weight excluding hydrogens is 306 g/mol. The lowest BCUT2D eigenvalue weighted by Gasteiger charge is -2.13. The predicted octanol–water partition coefficient (Wildman–Crippen LogP) is 2.80. The molecule has 0 saturated carbocycles. The highest BCUT2D eigenvalue weighted by atomic mass is 32.2. The van der Waals surface area contributed by atoms with Gasteiger partial charge in [-0.1, -0.05) is 42.5 Å². The largest absolute Gasteiger partial charge is 0.395 e. The molecule has 1 unspecified atom stereocenters. The normalized spacial score (nSPS) is 13.4. The Labute approximate surface area is 126 Å². The van der Waals surface area contributed by atoms with Gasteiger partial charge >= 0.3 is 0 Å². The van der Waals surface area contributed by atoms with Crippen LogP contribution in [0.15, 0.2) is 58.9 Å². The van der Waals surface area contributed by atoms with E-state index in [4.69, 9.17) is 0 Å². The van der Waals surface area contributed by atoms with E-state index in [9.17, 15) is 13.5 Å². The number of aliphatic hydroxyl groups excluding tert-OH is 1. The second-order valence-electron chi connectivity index (χ2n) is 4.57. The van der Waals surface area contributed by atoms with Gasteiger partial charge < -0.3 is 5.11 Å². The van der Waals surface area contributed by atoms with Gasteiger partial charge in [0.15, 0.2) is 0 Å². The molecule has 0 fully saturated rings. The van der Waals surface area contributed by atoms with Gasteiger partial charge in [0.25, 0.3) is 0 Å². The molecule has 0 radical (unpaired) electrons. The van der Waals surface area contributed by atoms with Crippen LogP contribution in [0.2, 0.25) is 0 Å². The van der Waals surface area contributed by atoms with Gasteiger partial charge in [-0.15, -0.1) is 11.3 Å². The van der Waals surface area contributed by atoms with E-state index in [0.29, 0.717) is 11.1 Å². The molecule has 6 heteroatoms. The Morgan fingerprint density at radius 1 is 1.05 bits per heavy atom. The number of benzene rings is 2. The average Bonchev–Trinajstić information content (AvgIpc) is 2.93. The molecule has 2 aromatic carbocycles. The van der Waals surface area contributed by atoms with E-state index in [1.165, 1.54) is 0 Å². The number of aromatic nitrogens is 1. The summed E-state index contributed by atoms with van der Waals surface area (Å²) in [6, 6.07) is 16.0. The molecule has 0 aliphatic carbocycles. The fourth-order valence-electron chi connectivity index (χ4n) is 2.14. The summed E-state index contributed by atoms with van der Waals surface area (Å²) in [7, 11) is -3.71. The predicted molar refractivity (Wildman–Crippen MR) is 83.1 cm³/mol. The van der Waals surface area contributed by atoms with Gasteiger partial charge in [0.1, 0.15) is 5.25 Å². The van der Waals surface area contributed by atoms with Crippen molar-refractivity contribution in [2.75, 3.05) is 6.61 Å². The van der Waals surface area contributed by atoms with Crippen molar-refractivity contribution in [1.29, 1.82) is 0 Å². The van der Waals surface area contributed by atoms with Gasteiger partial charge in [0, 0.05) is 0 Å². The summed E-state index contributed by atoms with van der Waals surface area (Å²) in [6.07, 6.45) is 0. The molecule has 0 aliphatic rings. The van der Waals surface area contributed by atoms with E-state index in [1.54, 1.807) is 30.3 Å². The van der Waals surface area contributed by atoms with Gasteiger partial charge in [-0.25, -0.2) is 13.4 Å². The van der Waals surface area contributed by atoms with E-state index < -0.39 is 21.7 Å². The summed E-state index contributed by atoms with van der Waals surface area (Å²) in [5.41, 5.74) is 1.23. The minimum atomic E-state index is -3.71. The molecule has 108 valence electrons. The van der Waals surface area contributed by atoms with Crippen molar-refractivity contribution in [3.63, 3.8) is 0 Å². The van der Waals surface area contributed by atoms with E-state index in [-0.39, 0.29) is 4.34 Å². The van der Waals surface area contributed by atoms with Crippen molar-refractivity contribution in [1.82, 2.24) is 4.98 Å². The van der Waals surface area contributed by atoms with Gasteiger partial charge in [-0.2, -0.15) is 0 Å². The van der Waals surface area contributed by atoms with Crippen LogP contribution in [0.4, 0.5) is 0 Å². The zero-order valence-electron chi connectivity index (χ0n) is 11.0. The SMILES string of the molecule is O=S(=O)(c1nc2ccccc2s1)C(CO)c1ccccc1. The van der Waals surface area contributed by atoms with Crippen LogP contribution in [0, 0.1) is 0 Å². The summed E-state index contributed by atoms with van der Waals surface area (Å²) < 4.78 is 26.3. The lowest BCUT2D eigenvalue weighted by molar-refractivity contribution is 0.291. The molecule has 3 aromatic rings. The number of rotatable bonds is 4. The van der Waals surface area contributed by atoms with Crippen molar-refractivity contribution in [3.05, 3.63) is 60.2 Å². The zero-order valence-corrected chi connectivity index (χ0v) is 12.6. The summed E-state index contributed by atoms with van der Waals surface area (Å²) in [4.78, 5) is 4.20. The maximum absolute atomic E-state index is 12.7. The third-order valence-electron chi connectivity index (χ3n) is 3.23. The minimum Gasteiger partial charge on any atom is -0.395 e. The van der Waals surface area contributed by atoms with Crippen molar-refractivity contribution >= 4 is 31.4 Å². The smallest absolute Gasteiger partial charge is 0.214 e. The van der Waals surface area contributed by atoms with Crippen LogP contribution in [0.1, 0.15) is 10.8 Å². The number of para-hydroxylation sites is 1. The Morgan fingerprint density at radius 2 is 1.71 bits per heavy atom. The first-order chi connectivity index (χ1) is 10.1. The highest BCUT2D eigenvalue weighted by molar-refractivity contribution is 7.93. The molecule has 0 saturated heterocycles. The molecule has 1 heterocycles. The fraction of sp³-hybridized carbons (Fsp3) is 0.133. The topological polar surface area (TPSA) is 67.3 Å².